The second-order valence-corrected chi connectivity index (χ2v) is 5.92. The third-order valence-corrected chi connectivity index (χ3v) is 4.45. The van der Waals surface area contributed by atoms with Gasteiger partial charge in [-0.15, -0.1) is 0 Å². The van der Waals surface area contributed by atoms with Crippen molar-refractivity contribution < 1.29 is 14.3 Å². The topological polar surface area (TPSA) is 55.4 Å². The lowest BCUT2D eigenvalue weighted by atomic mass is 9.77. The number of amides is 1. The first-order chi connectivity index (χ1) is 11.7. The largest absolute Gasteiger partial charge is 0.450 e. The van der Waals surface area contributed by atoms with Crippen LogP contribution in [0.15, 0.2) is 54.6 Å². The molecule has 0 aliphatic heterocycles. The van der Waals surface area contributed by atoms with E-state index in [-0.39, 0.29) is 17.7 Å². The van der Waals surface area contributed by atoms with Crippen LogP contribution in [0.3, 0.4) is 0 Å². The van der Waals surface area contributed by atoms with Crippen molar-refractivity contribution in [3.63, 3.8) is 0 Å². The molecule has 0 bridgehead atoms. The van der Waals surface area contributed by atoms with Gasteiger partial charge in [0.1, 0.15) is 0 Å². The van der Waals surface area contributed by atoms with Gasteiger partial charge in [-0.2, -0.15) is 0 Å². The summed E-state index contributed by atoms with van der Waals surface area (Å²) >= 11 is 0. The van der Waals surface area contributed by atoms with E-state index in [1.54, 1.807) is 6.92 Å². The van der Waals surface area contributed by atoms with Crippen LogP contribution in [0.5, 0.6) is 0 Å². The zero-order chi connectivity index (χ0) is 16.9. The van der Waals surface area contributed by atoms with E-state index in [9.17, 15) is 9.59 Å². The van der Waals surface area contributed by atoms with Gasteiger partial charge in [0.05, 0.1) is 12.6 Å². The van der Waals surface area contributed by atoms with E-state index >= 15 is 0 Å². The smallest absolute Gasteiger partial charge is 0.407 e. The van der Waals surface area contributed by atoms with Gasteiger partial charge in [-0.25, -0.2) is 4.79 Å². The second kappa shape index (κ2) is 7.30. The number of hydrogen-bond acceptors (Lipinski definition) is 3. The number of Topliss-reactive ketones (excluding diaryl/α,β-unsaturated/α-hetero) is 1. The molecule has 1 aliphatic rings. The molecule has 2 aromatic rings. The zero-order valence-corrected chi connectivity index (χ0v) is 13.7. The van der Waals surface area contributed by atoms with Gasteiger partial charge in [0.2, 0.25) is 0 Å². The summed E-state index contributed by atoms with van der Waals surface area (Å²) < 4.78 is 5.03. The number of aryl methyl sites for hydroxylation is 1. The average molecular weight is 323 g/mol. The molecule has 0 radical (unpaired) electrons. The van der Waals surface area contributed by atoms with Crippen LogP contribution >= 0.6 is 0 Å². The number of ether oxygens (including phenoxy) is 1. The highest BCUT2D eigenvalue weighted by atomic mass is 16.5. The summed E-state index contributed by atoms with van der Waals surface area (Å²) in [5.74, 6) is -0.200. The van der Waals surface area contributed by atoms with Crippen molar-refractivity contribution in [2.45, 2.75) is 25.8 Å². The van der Waals surface area contributed by atoms with Crippen molar-refractivity contribution in [2.24, 2.45) is 5.92 Å². The fourth-order valence-electron chi connectivity index (χ4n) is 3.31. The van der Waals surface area contributed by atoms with E-state index < -0.39 is 6.09 Å². The molecule has 0 fully saturated rings. The Morgan fingerprint density at radius 2 is 1.88 bits per heavy atom. The minimum absolute atomic E-state index is 0.0856. The first-order valence-electron chi connectivity index (χ1n) is 8.31. The highest BCUT2D eigenvalue weighted by molar-refractivity contribution is 6.00. The van der Waals surface area contributed by atoms with Gasteiger partial charge in [0.15, 0.2) is 5.78 Å². The highest BCUT2D eigenvalue weighted by Gasteiger charge is 2.35. The first-order valence-corrected chi connectivity index (χ1v) is 8.31. The molecule has 0 spiro atoms. The van der Waals surface area contributed by atoms with Gasteiger partial charge < -0.3 is 10.1 Å². The van der Waals surface area contributed by atoms with E-state index in [4.69, 9.17) is 4.74 Å². The molecule has 1 N–H and O–H groups in total. The van der Waals surface area contributed by atoms with Crippen LogP contribution in [0.2, 0.25) is 0 Å². The van der Waals surface area contributed by atoms with Crippen molar-refractivity contribution in [1.82, 2.24) is 5.32 Å². The Morgan fingerprint density at radius 3 is 2.62 bits per heavy atom. The van der Waals surface area contributed by atoms with Crippen LogP contribution in [0.1, 0.15) is 40.9 Å². The second-order valence-electron chi connectivity index (χ2n) is 5.92. The van der Waals surface area contributed by atoms with E-state index in [1.807, 2.05) is 54.6 Å². The summed E-state index contributed by atoms with van der Waals surface area (Å²) in [4.78, 5) is 25.0. The number of ketones is 1. The summed E-state index contributed by atoms with van der Waals surface area (Å²) in [7, 11) is 0. The lowest BCUT2D eigenvalue weighted by Gasteiger charge is -2.31. The normalized spacial score (nSPS) is 17.7. The third-order valence-electron chi connectivity index (χ3n) is 4.45. The molecule has 0 unspecified atom stereocenters. The molecule has 0 saturated carbocycles. The molecule has 4 heteroatoms. The summed E-state index contributed by atoms with van der Waals surface area (Å²) in [5.41, 5.74) is 2.77. The molecule has 0 heterocycles. The lowest BCUT2D eigenvalue weighted by molar-refractivity contribution is 0.0859. The summed E-state index contributed by atoms with van der Waals surface area (Å²) in [6.07, 6.45) is 1.06. The van der Waals surface area contributed by atoms with Gasteiger partial charge in [0, 0.05) is 11.5 Å². The lowest BCUT2D eigenvalue weighted by Crippen LogP contribution is -2.39. The number of rotatable bonds is 4. The van der Waals surface area contributed by atoms with E-state index in [0.29, 0.717) is 13.0 Å². The van der Waals surface area contributed by atoms with E-state index in [1.165, 1.54) is 0 Å². The minimum Gasteiger partial charge on any atom is -0.450 e. The first kappa shape index (κ1) is 16.2. The standard InChI is InChI=1S/C20H21NO3/c1-2-24-20(23)21-18(15-9-4-3-5-10-15)17-13-12-14-8-6-7-11-16(14)19(17)22/h3-11,17-18H,2,12-13H2,1H3,(H,21,23)/t17-,18+/m0/s1. The molecule has 1 amide bonds. The summed E-state index contributed by atoms with van der Waals surface area (Å²) in [6.45, 7) is 2.06. The zero-order valence-electron chi connectivity index (χ0n) is 13.7. The van der Waals surface area contributed by atoms with Crippen LogP contribution in [0, 0.1) is 5.92 Å². The van der Waals surface area contributed by atoms with Gasteiger partial charge in [0.25, 0.3) is 0 Å². The van der Waals surface area contributed by atoms with Gasteiger partial charge >= 0.3 is 6.09 Å². The Labute approximate surface area is 141 Å². The predicted octanol–water partition coefficient (Wildman–Crippen LogP) is 3.92. The fraction of sp³-hybridized carbons (Fsp3) is 0.300. The Kier molecular flexibility index (Phi) is 4.94. The fourth-order valence-corrected chi connectivity index (χ4v) is 3.31. The monoisotopic (exact) mass is 323 g/mol. The van der Waals surface area contributed by atoms with Gasteiger partial charge in [-0.1, -0.05) is 54.6 Å². The third kappa shape index (κ3) is 3.32. The molecule has 2 atom stereocenters. The number of nitrogens with one attached hydrogen (secondary N) is 1. The quantitative estimate of drug-likeness (QED) is 0.928. The number of carbonyl (C=O) groups excluding carboxylic acids is 2. The van der Waals surface area contributed by atoms with Crippen LogP contribution in [-0.2, 0) is 11.2 Å². The average Bonchev–Trinajstić information content (AvgIpc) is 2.62. The summed E-state index contributed by atoms with van der Waals surface area (Å²) in [5, 5.41) is 2.88. The Morgan fingerprint density at radius 1 is 1.17 bits per heavy atom. The van der Waals surface area contributed by atoms with Crippen molar-refractivity contribution >= 4 is 11.9 Å². The summed E-state index contributed by atoms with van der Waals surface area (Å²) in [6, 6.07) is 16.9. The van der Waals surface area contributed by atoms with Crippen LogP contribution in [0.4, 0.5) is 4.79 Å². The molecule has 2 aromatic carbocycles. The number of alkyl carbamates (subject to hydrolysis) is 1. The molecule has 24 heavy (non-hydrogen) atoms. The number of carbonyl (C=O) groups is 2. The Balaban J connectivity index is 1.91. The maximum Gasteiger partial charge on any atom is 0.407 e. The molecule has 124 valence electrons. The maximum atomic E-state index is 13.0. The molecule has 0 saturated heterocycles. The van der Waals surface area contributed by atoms with Gasteiger partial charge in [-0.05, 0) is 30.9 Å². The highest BCUT2D eigenvalue weighted by Crippen LogP contribution is 2.34. The molecule has 0 aromatic heterocycles. The van der Waals surface area contributed by atoms with Crippen molar-refractivity contribution in [3.05, 3.63) is 71.3 Å². The molecule has 4 nitrogen and oxygen atoms in total. The number of fused-ring (bicyclic) bond motifs is 1. The molecular formula is C20H21NO3. The number of benzene rings is 2. The van der Waals surface area contributed by atoms with Crippen molar-refractivity contribution in [3.8, 4) is 0 Å². The van der Waals surface area contributed by atoms with E-state index in [2.05, 4.69) is 5.32 Å². The van der Waals surface area contributed by atoms with Crippen LogP contribution in [0.25, 0.3) is 0 Å². The van der Waals surface area contributed by atoms with Crippen molar-refractivity contribution in [2.75, 3.05) is 6.61 Å². The number of hydrogen-bond donors (Lipinski definition) is 1. The SMILES string of the molecule is CCOC(=O)N[C@H](c1ccccc1)[C@@H]1CCc2ccccc2C1=O. The maximum absolute atomic E-state index is 13.0. The van der Waals surface area contributed by atoms with Gasteiger partial charge in [-0.3, -0.25) is 4.79 Å². The molecule has 3 rings (SSSR count). The Bertz CT molecular complexity index is 727. The van der Waals surface area contributed by atoms with Crippen molar-refractivity contribution in [1.29, 1.82) is 0 Å². The van der Waals surface area contributed by atoms with E-state index in [0.717, 1.165) is 23.1 Å². The van der Waals surface area contributed by atoms with Crippen LogP contribution < -0.4 is 5.32 Å². The van der Waals surface area contributed by atoms with Crippen LogP contribution in [-0.4, -0.2) is 18.5 Å². The predicted molar refractivity (Wildman–Crippen MR) is 91.9 cm³/mol. The molecule has 1 aliphatic carbocycles. The molecular weight excluding hydrogens is 302 g/mol. The Hall–Kier alpha value is -2.62. The minimum atomic E-state index is -0.488.